The van der Waals surface area contributed by atoms with Crippen LogP contribution in [0.4, 0.5) is 4.39 Å². The Hall–Kier alpha value is -1.96. The summed E-state index contributed by atoms with van der Waals surface area (Å²) in [5, 5.41) is 3.16. The van der Waals surface area contributed by atoms with Gasteiger partial charge in [-0.05, 0) is 36.2 Å². The van der Waals surface area contributed by atoms with Crippen molar-refractivity contribution in [2.45, 2.75) is 6.42 Å². The van der Waals surface area contributed by atoms with Gasteiger partial charge in [0.25, 0.3) is 5.91 Å². The second-order valence-electron chi connectivity index (χ2n) is 5.77. The SMILES string of the molecule is CS(=O)(=O)N(CCNC(=O)c1ccccc1F)CCc1ccc(Cl)cc1. The van der Waals surface area contributed by atoms with Crippen LogP contribution >= 0.6 is 11.6 Å². The zero-order chi connectivity index (χ0) is 19.2. The summed E-state index contributed by atoms with van der Waals surface area (Å²) in [6.07, 6.45) is 1.64. The largest absolute Gasteiger partial charge is 0.351 e. The maximum Gasteiger partial charge on any atom is 0.254 e. The number of rotatable bonds is 8. The first-order valence-corrected chi connectivity index (χ1v) is 10.2. The van der Waals surface area contributed by atoms with Gasteiger partial charge >= 0.3 is 0 Å². The van der Waals surface area contributed by atoms with Crippen molar-refractivity contribution in [1.29, 1.82) is 0 Å². The van der Waals surface area contributed by atoms with E-state index >= 15 is 0 Å². The number of halogens is 2. The van der Waals surface area contributed by atoms with E-state index in [0.717, 1.165) is 11.8 Å². The molecule has 1 amide bonds. The third-order valence-electron chi connectivity index (χ3n) is 3.80. The molecule has 2 rings (SSSR count). The van der Waals surface area contributed by atoms with E-state index in [0.29, 0.717) is 11.4 Å². The topological polar surface area (TPSA) is 66.5 Å². The molecule has 0 bridgehead atoms. The Kier molecular flexibility index (Phi) is 7.14. The Labute approximate surface area is 157 Å². The number of carbonyl (C=O) groups is 1. The van der Waals surface area contributed by atoms with Crippen molar-refractivity contribution in [3.05, 3.63) is 70.5 Å². The normalized spacial score (nSPS) is 11.5. The first-order chi connectivity index (χ1) is 12.3. The fourth-order valence-corrected chi connectivity index (χ4v) is 3.35. The van der Waals surface area contributed by atoms with E-state index in [-0.39, 0.29) is 25.2 Å². The van der Waals surface area contributed by atoms with Crippen molar-refractivity contribution in [3.8, 4) is 0 Å². The molecule has 0 spiro atoms. The molecule has 0 saturated heterocycles. The van der Waals surface area contributed by atoms with Gasteiger partial charge in [-0.25, -0.2) is 17.1 Å². The minimum atomic E-state index is -3.43. The summed E-state index contributed by atoms with van der Waals surface area (Å²) >= 11 is 5.83. The van der Waals surface area contributed by atoms with Crippen LogP contribution in [0.1, 0.15) is 15.9 Å². The van der Waals surface area contributed by atoms with Crippen LogP contribution in [0, 0.1) is 5.82 Å². The average molecular weight is 399 g/mol. The highest BCUT2D eigenvalue weighted by Gasteiger charge is 2.17. The van der Waals surface area contributed by atoms with Gasteiger partial charge in [0.05, 0.1) is 11.8 Å². The molecule has 0 aliphatic rings. The molecule has 2 aromatic rings. The lowest BCUT2D eigenvalue weighted by atomic mass is 10.1. The Morgan fingerprint density at radius 1 is 1.12 bits per heavy atom. The molecule has 0 radical (unpaired) electrons. The number of hydrogen-bond acceptors (Lipinski definition) is 3. The lowest BCUT2D eigenvalue weighted by Gasteiger charge is -2.20. The van der Waals surface area contributed by atoms with Crippen LogP contribution in [-0.4, -0.2) is 44.5 Å². The molecule has 1 N–H and O–H groups in total. The maximum atomic E-state index is 13.6. The average Bonchev–Trinajstić information content (AvgIpc) is 2.58. The van der Waals surface area contributed by atoms with E-state index in [9.17, 15) is 17.6 Å². The quantitative estimate of drug-likeness (QED) is 0.743. The summed E-state index contributed by atoms with van der Waals surface area (Å²) in [5.74, 6) is -1.19. The van der Waals surface area contributed by atoms with Crippen molar-refractivity contribution in [2.24, 2.45) is 0 Å². The highest BCUT2D eigenvalue weighted by atomic mass is 35.5. The van der Waals surface area contributed by atoms with Gasteiger partial charge in [0, 0.05) is 24.7 Å². The van der Waals surface area contributed by atoms with Crippen molar-refractivity contribution in [2.75, 3.05) is 25.9 Å². The van der Waals surface area contributed by atoms with Gasteiger partial charge in [0.1, 0.15) is 5.82 Å². The van der Waals surface area contributed by atoms with Crippen molar-refractivity contribution in [1.82, 2.24) is 9.62 Å². The molecule has 0 heterocycles. The highest BCUT2D eigenvalue weighted by molar-refractivity contribution is 7.88. The standard InChI is InChI=1S/C18H20ClFN2O3S/c1-26(24,25)22(12-10-14-6-8-15(19)9-7-14)13-11-21-18(23)16-4-2-3-5-17(16)20/h2-9H,10-13H2,1H3,(H,21,23). The van der Waals surface area contributed by atoms with Gasteiger partial charge in [-0.1, -0.05) is 35.9 Å². The van der Waals surface area contributed by atoms with Gasteiger partial charge in [-0.2, -0.15) is 0 Å². The zero-order valence-corrected chi connectivity index (χ0v) is 15.9. The van der Waals surface area contributed by atoms with Gasteiger partial charge < -0.3 is 5.32 Å². The second-order valence-corrected chi connectivity index (χ2v) is 8.19. The molecule has 0 aliphatic heterocycles. The van der Waals surface area contributed by atoms with Crippen molar-refractivity contribution >= 4 is 27.5 Å². The van der Waals surface area contributed by atoms with Gasteiger partial charge in [-0.3, -0.25) is 4.79 Å². The molecule has 0 atom stereocenters. The molecule has 26 heavy (non-hydrogen) atoms. The Morgan fingerprint density at radius 2 is 1.77 bits per heavy atom. The summed E-state index contributed by atoms with van der Waals surface area (Å²) in [6.45, 7) is 0.462. The first-order valence-electron chi connectivity index (χ1n) is 7.99. The molecule has 0 fully saturated rings. The lowest BCUT2D eigenvalue weighted by Crippen LogP contribution is -2.39. The number of carbonyl (C=O) groups excluding carboxylic acids is 1. The van der Waals surface area contributed by atoms with Crippen LogP contribution in [0.15, 0.2) is 48.5 Å². The van der Waals surface area contributed by atoms with E-state index in [4.69, 9.17) is 11.6 Å². The molecule has 0 aromatic heterocycles. The third kappa shape index (κ3) is 6.09. The van der Waals surface area contributed by atoms with Gasteiger partial charge in [0.2, 0.25) is 10.0 Å². The van der Waals surface area contributed by atoms with Crippen molar-refractivity contribution < 1.29 is 17.6 Å². The smallest absolute Gasteiger partial charge is 0.254 e. The van der Waals surface area contributed by atoms with Crippen LogP contribution in [0.3, 0.4) is 0 Å². The van der Waals surface area contributed by atoms with Crippen LogP contribution in [0.25, 0.3) is 0 Å². The molecule has 0 aliphatic carbocycles. The molecule has 140 valence electrons. The fourth-order valence-electron chi connectivity index (χ4n) is 2.38. The third-order valence-corrected chi connectivity index (χ3v) is 5.35. The highest BCUT2D eigenvalue weighted by Crippen LogP contribution is 2.11. The van der Waals surface area contributed by atoms with Crippen LogP contribution in [0.2, 0.25) is 5.02 Å². The van der Waals surface area contributed by atoms with Gasteiger partial charge in [0.15, 0.2) is 0 Å². The minimum absolute atomic E-state index is 0.0698. The van der Waals surface area contributed by atoms with E-state index in [1.165, 1.54) is 22.5 Å². The summed E-state index contributed by atoms with van der Waals surface area (Å²) in [4.78, 5) is 12.0. The van der Waals surface area contributed by atoms with Gasteiger partial charge in [-0.15, -0.1) is 0 Å². The number of nitrogens with zero attached hydrogens (tertiary/aromatic N) is 1. The number of sulfonamides is 1. The second kappa shape index (κ2) is 9.12. The Bertz CT molecular complexity index is 857. The van der Waals surface area contributed by atoms with E-state index in [1.54, 1.807) is 18.2 Å². The summed E-state index contributed by atoms with van der Waals surface area (Å²) in [5.41, 5.74) is 0.887. The number of benzene rings is 2. The predicted molar refractivity (Wildman–Crippen MR) is 100 cm³/mol. The van der Waals surface area contributed by atoms with E-state index < -0.39 is 21.7 Å². The summed E-state index contributed by atoms with van der Waals surface area (Å²) in [6, 6.07) is 12.8. The lowest BCUT2D eigenvalue weighted by molar-refractivity contribution is 0.0947. The predicted octanol–water partition coefficient (Wildman–Crippen LogP) is 2.71. The molecule has 8 heteroatoms. The zero-order valence-electron chi connectivity index (χ0n) is 14.3. The fraction of sp³-hybridized carbons (Fsp3) is 0.278. The number of amides is 1. The number of hydrogen-bond donors (Lipinski definition) is 1. The molecular formula is C18H20ClFN2O3S. The molecule has 0 unspecified atom stereocenters. The van der Waals surface area contributed by atoms with Crippen LogP contribution < -0.4 is 5.32 Å². The molecular weight excluding hydrogens is 379 g/mol. The van der Waals surface area contributed by atoms with Crippen molar-refractivity contribution in [3.63, 3.8) is 0 Å². The molecule has 0 saturated carbocycles. The Morgan fingerprint density at radius 3 is 2.38 bits per heavy atom. The first kappa shape index (κ1) is 20.4. The van der Waals surface area contributed by atoms with Crippen LogP contribution in [-0.2, 0) is 16.4 Å². The summed E-state index contributed by atoms with van der Waals surface area (Å²) in [7, 11) is -3.43. The molecule has 5 nitrogen and oxygen atoms in total. The Balaban J connectivity index is 1.91. The van der Waals surface area contributed by atoms with Crippen LogP contribution in [0.5, 0.6) is 0 Å². The minimum Gasteiger partial charge on any atom is -0.351 e. The summed E-state index contributed by atoms with van der Waals surface area (Å²) < 4.78 is 38.7. The molecule has 2 aromatic carbocycles. The van der Waals surface area contributed by atoms with E-state index in [1.807, 2.05) is 12.1 Å². The maximum absolute atomic E-state index is 13.6. The monoisotopic (exact) mass is 398 g/mol. The van der Waals surface area contributed by atoms with E-state index in [2.05, 4.69) is 5.32 Å². The number of nitrogens with one attached hydrogen (secondary N) is 1.